The number of hydrogen-bond acceptors (Lipinski definition) is 3. The molecular formula is C20H28O3. The lowest BCUT2D eigenvalue weighted by molar-refractivity contribution is -0.135. The fourth-order valence-corrected chi connectivity index (χ4v) is 5.10. The van der Waals surface area contributed by atoms with Crippen LogP contribution >= 0.6 is 0 Å². The van der Waals surface area contributed by atoms with Crippen molar-refractivity contribution in [2.45, 2.75) is 59.8 Å². The van der Waals surface area contributed by atoms with Crippen LogP contribution in [0.1, 0.15) is 59.8 Å². The van der Waals surface area contributed by atoms with E-state index >= 15 is 0 Å². The van der Waals surface area contributed by atoms with Gasteiger partial charge >= 0.3 is 5.97 Å². The molecule has 3 heteroatoms. The largest absolute Gasteiger partial charge is 0.458 e. The number of ether oxygens (including phenoxy) is 1. The van der Waals surface area contributed by atoms with Crippen molar-refractivity contribution in [3.8, 4) is 0 Å². The summed E-state index contributed by atoms with van der Waals surface area (Å²) in [5.74, 6) is 1.06. The minimum Gasteiger partial charge on any atom is -0.458 e. The minimum absolute atomic E-state index is 0.130. The van der Waals surface area contributed by atoms with Crippen LogP contribution in [-0.2, 0) is 14.3 Å². The molecule has 3 nitrogen and oxygen atoms in total. The van der Waals surface area contributed by atoms with E-state index in [4.69, 9.17) is 4.74 Å². The smallest absolute Gasteiger partial charge is 0.331 e. The van der Waals surface area contributed by atoms with Crippen LogP contribution in [0.5, 0.6) is 0 Å². The Labute approximate surface area is 139 Å². The Morgan fingerprint density at radius 3 is 2.65 bits per heavy atom. The predicted molar refractivity (Wildman–Crippen MR) is 89.8 cm³/mol. The van der Waals surface area contributed by atoms with Crippen LogP contribution in [0.15, 0.2) is 23.3 Å². The van der Waals surface area contributed by atoms with Gasteiger partial charge < -0.3 is 4.74 Å². The highest BCUT2D eigenvalue weighted by Gasteiger charge is 2.54. The summed E-state index contributed by atoms with van der Waals surface area (Å²) in [5.41, 5.74) is 2.64. The molecule has 1 fully saturated rings. The molecular weight excluding hydrogens is 288 g/mol. The van der Waals surface area contributed by atoms with Crippen molar-refractivity contribution in [3.63, 3.8) is 0 Å². The summed E-state index contributed by atoms with van der Waals surface area (Å²) in [6, 6.07) is 0. The number of hydrogen-bond donors (Lipinski definition) is 0. The Morgan fingerprint density at radius 1 is 1.26 bits per heavy atom. The fraction of sp³-hybridized carbons (Fsp3) is 0.700. The molecule has 0 radical (unpaired) electrons. The van der Waals surface area contributed by atoms with E-state index in [9.17, 15) is 9.59 Å². The molecule has 0 bridgehead atoms. The average molecular weight is 316 g/mol. The van der Waals surface area contributed by atoms with Gasteiger partial charge in [0.05, 0.1) is 0 Å². The van der Waals surface area contributed by atoms with Crippen LogP contribution in [-0.4, -0.2) is 18.4 Å². The highest BCUT2D eigenvalue weighted by atomic mass is 16.5. The molecule has 3 aliphatic rings. The van der Waals surface area contributed by atoms with Gasteiger partial charge in [0.2, 0.25) is 0 Å². The predicted octanol–water partition coefficient (Wildman–Crippen LogP) is 4.23. The van der Waals surface area contributed by atoms with Crippen LogP contribution in [0.25, 0.3) is 0 Å². The third-order valence-electron chi connectivity index (χ3n) is 7.18. The summed E-state index contributed by atoms with van der Waals surface area (Å²) in [7, 11) is 0. The molecule has 23 heavy (non-hydrogen) atoms. The quantitative estimate of drug-likeness (QED) is 0.732. The Hall–Kier alpha value is -1.38. The van der Waals surface area contributed by atoms with Crippen LogP contribution in [0.4, 0.5) is 0 Å². The second-order valence-corrected chi connectivity index (χ2v) is 8.32. The monoisotopic (exact) mass is 316 g/mol. The van der Waals surface area contributed by atoms with E-state index in [1.54, 1.807) is 6.08 Å². The first-order chi connectivity index (χ1) is 10.8. The van der Waals surface area contributed by atoms with Crippen LogP contribution in [0.2, 0.25) is 0 Å². The number of cyclic esters (lactones) is 1. The van der Waals surface area contributed by atoms with Gasteiger partial charge in [0, 0.05) is 12.5 Å². The Bertz CT molecular complexity index is 600. The van der Waals surface area contributed by atoms with Crippen LogP contribution in [0, 0.1) is 22.7 Å². The Kier molecular flexibility index (Phi) is 4.02. The molecule has 0 N–H and O–H groups in total. The summed E-state index contributed by atoms with van der Waals surface area (Å²) in [4.78, 5) is 23.5. The SMILES string of the molecule is CC1=CC(=O)C[C@@H]2[C@@](C)(CCC3=CC(=O)OC3)[C@H](C)CC[C@@]12C. The molecule has 4 atom stereocenters. The molecule has 3 rings (SSSR count). The maximum Gasteiger partial charge on any atom is 0.331 e. The second kappa shape index (κ2) is 5.61. The zero-order valence-corrected chi connectivity index (χ0v) is 14.8. The second-order valence-electron chi connectivity index (χ2n) is 8.32. The molecule has 0 aromatic heterocycles. The van der Waals surface area contributed by atoms with E-state index in [1.807, 2.05) is 6.08 Å². The number of carbonyl (C=O) groups is 2. The van der Waals surface area contributed by atoms with Gasteiger partial charge in [-0.1, -0.05) is 26.3 Å². The van der Waals surface area contributed by atoms with Gasteiger partial charge in [-0.25, -0.2) is 4.79 Å². The standard InChI is InChI=1S/C20H28O3/c1-13-5-7-20(4)14(2)9-16(21)11-17(20)19(13,3)8-6-15-10-18(22)23-12-15/h9-10,13,17H,5-8,11-12H2,1-4H3/t13-,17-,19+,20+/m1/s1. The van der Waals surface area contributed by atoms with E-state index < -0.39 is 0 Å². The summed E-state index contributed by atoms with van der Waals surface area (Å²) in [6.07, 6.45) is 8.49. The minimum atomic E-state index is -0.210. The van der Waals surface area contributed by atoms with Gasteiger partial charge in [-0.05, 0) is 66.9 Å². The van der Waals surface area contributed by atoms with E-state index in [2.05, 4.69) is 27.7 Å². The molecule has 0 aromatic carbocycles. The molecule has 1 saturated carbocycles. The van der Waals surface area contributed by atoms with Gasteiger partial charge in [0.15, 0.2) is 5.78 Å². The molecule has 0 amide bonds. The first-order valence-electron chi connectivity index (χ1n) is 8.83. The molecule has 0 unspecified atom stereocenters. The van der Waals surface area contributed by atoms with Crippen LogP contribution < -0.4 is 0 Å². The first-order valence-corrected chi connectivity index (χ1v) is 8.83. The number of ketones is 1. The van der Waals surface area contributed by atoms with Crippen molar-refractivity contribution in [3.05, 3.63) is 23.3 Å². The van der Waals surface area contributed by atoms with Gasteiger partial charge in [-0.2, -0.15) is 0 Å². The third-order valence-corrected chi connectivity index (χ3v) is 7.18. The van der Waals surface area contributed by atoms with Crippen molar-refractivity contribution >= 4 is 11.8 Å². The maximum absolute atomic E-state index is 12.2. The van der Waals surface area contributed by atoms with Gasteiger partial charge in [0.1, 0.15) is 6.61 Å². The first kappa shape index (κ1) is 16.5. The van der Waals surface area contributed by atoms with E-state index in [1.165, 1.54) is 18.4 Å². The summed E-state index contributed by atoms with van der Waals surface area (Å²) >= 11 is 0. The van der Waals surface area contributed by atoms with Gasteiger partial charge in [-0.15, -0.1) is 0 Å². The van der Waals surface area contributed by atoms with Crippen molar-refractivity contribution in [1.82, 2.24) is 0 Å². The number of carbonyl (C=O) groups excluding carboxylic acids is 2. The lowest BCUT2D eigenvalue weighted by atomic mass is 9.47. The van der Waals surface area contributed by atoms with E-state index in [0.29, 0.717) is 24.9 Å². The van der Waals surface area contributed by atoms with Gasteiger partial charge in [0.25, 0.3) is 0 Å². The van der Waals surface area contributed by atoms with Crippen LogP contribution in [0.3, 0.4) is 0 Å². The molecule has 126 valence electrons. The molecule has 0 saturated heterocycles. The Morgan fingerprint density at radius 2 is 2.00 bits per heavy atom. The maximum atomic E-state index is 12.2. The molecule has 0 aromatic rings. The highest BCUT2D eigenvalue weighted by molar-refractivity contribution is 5.92. The lowest BCUT2D eigenvalue weighted by Crippen LogP contribution is -2.51. The van der Waals surface area contributed by atoms with Gasteiger partial charge in [-0.3, -0.25) is 4.79 Å². The van der Waals surface area contributed by atoms with Crippen molar-refractivity contribution in [1.29, 1.82) is 0 Å². The number of rotatable bonds is 3. The molecule has 1 heterocycles. The van der Waals surface area contributed by atoms with E-state index in [-0.39, 0.29) is 22.6 Å². The fourth-order valence-electron chi connectivity index (χ4n) is 5.10. The highest BCUT2D eigenvalue weighted by Crippen LogP contribution is 2.61. The summed E-state index contributed by atoms with van der Waals surface area (Å²) in [5, 5.41) is 0. The molecule has 1 aliphatic heterocycles. The normalized spacial score (nSPS) is 40.3. The zero-order valence-electron chi connectivity index (χ0n) is 14.8. The molecule has 2 aliphatic carbocycles. The third kappa shape index (κ3) is 2.68. The van der Waals surface area contributed by atoms with Crippen molar-refractivity contribution in [2.24, 2.45) is 22.7 Å². The number of esters is 1. The zero-order chi connectivity index (χ0) is 16.8. The number of allylic oxidation sites excluding steroid dienone is 2. The van der Waals surface area contributed by atoms with Crippen molar-refractivity contribution in [2.75, 3.05) is 6.61 Å². The average Bonchev–Trinajstić information content (AvgIpc) is 2.91. The number of fused-ring (bicyclic) bond motifs is 1. The Balaban J connectivity index is 1.86. The van der Waals surface area contributed by atoms with E-state index in [0.717, 1.165) is 18.4 Å². The summed E-state index contributed by atoms with van der Waals surface area (Å²) in [6.45, 7) is 9.63. The topological polar surface area (TPSA) is 43.4 Å². The van der Waals surface area contributed by atoms with Crippen molar-refractivity contribution < 1.29 is 14.3 Å². The summed E-state index contributed by atoms with van der Waals surface area (Å²) < 4.78 is 5.03. The lowest BCUT2D eigenvalue weighted by Gasteiger charge is -2.57. The molecule has 0 spiro atoms.